The molecule has 1 aromatic rings. The number of anilines is 1. The number of nitrogens with one attached hydrogen (secondary N) is 2. The zero-order valence-corrected chi connectivity index (χ0v) is 12.2. The molecule has 1 aromatic carbocycles. The van der Waals surface area contributed by atoms with E-state index in [1.807, 2.05) is 32.0 Å². The number of halogens is 1. The molecule has 1 spiro atoms. The number of nitrogens with zero attached hydrogens (tertiary/aromatic N) is 1. The maximum absolute atomic E-state index is 12.4. The van der Waals surface area contributed by atoms with Crippen LogP contribution < -0.4 is 10.7 Å². The summed E-state index contributed by atoms with van der Waals surface area (Å²) in [6.07, 6.45) is 0.682. The van der Waals surface area contributed by atoms with Crippen LogP contribution in [0.2, 0.25) is 0 Å². The standard InChI is InChI=1S/C13H14BrN3O2/c1-12(2)7-13(12)10(18)17(11(19)15-13)16-9-5-3-4-8(14)6-9/h3-6,16H,7H2,1-2H3,(H,15,19). The summed E-state index contributed by atoms with van der Waals surface area (Å²) in [5, 5.41) is 3.86. The minimum atomic E-state index is -0.719. The zero-order chi connectivity index (χ0) is 13.8. The van der Waals surface area contributed by atoms with Crippen molar-refractivity contribution in [3.05, 3.63) is 28.7 Å². The molecule has 3 rings (SSSR count). The molecule has 1 atom stereocenters. The fraction of sp³-hybridized carbons (Fsp3) is 0.385. The highest BCUT2D eigenvalue weighted by atomic mass is 79.9. The molecule has 1 aliphatic heterocycles. The lowest BCUT2D eigenvalue weighted by atomic mass is 10.1. The maximum atomic E-state index is 12.4. The summed E-state index contributed by atoms with van der Waals surface area (Å²) in [6.45, 7) is 3.96. The molecule has 100 valence electrons. The van der Waals surface area contributed by atoms with Gasteiger partial charge in [-0.05, 0) is 30.0 Å². The van der Waals surface area contributed by atoms with Gasteiger partial charge >= 0.3 is 6.03 Å². The SMILES string of the molecule is CC1(C)CC12NC(=O)N(Nc1cccc(Br)c1)C2=O. The van der Waals surface area contributed by atoms with Crippen LogP contribution in [0.5, 0.6) is 0 Å². The third kappa shape index (κ3) is 1.74. The Labute approximate surface area is 119 Å². The lowest BCUT2D eigenvalue weighted by Gasteiger charge is -2.16. The van der Waals surface area contributed by atoms with Gasteiger partial charge in [-0.3, -0.25) is 10.2 Å². The topological polar surface area (TPSA) is 61.4 Å². The molecule has 1 heterocycles. The van der Waals surface area contributed by atoms with E-state index in [0.717, 1.165) is 9.48 Å². The van der Waals surface area contributed by atoms with Crippen molar-refractivity contribution < 1.29 is 9.59 Å². The first-order valence-electron chi connectivity index (χ1n) is 6.05. The van der Waals surface area contributed by atoms with Crippen molar-refractivity contribution in [2.45, 2.75) is 25.8 Å². The number of benzene rings is 1. The Bertz CT molecular complexity index is 587. The predicted octanol–water partition coefficient (Wildman–Crippen LogP) is 2.50. The number of imide groups is 1. The first-order chi connectivity index (χ1) is 8.86. The van der Waals surface area contributed by atoms with Crippen LogP contribution >= 0.6 is 15.9 Å². The number of hydrazine groups is 1. The molecule has 1 saturated heterocycles. The van der Waals surface area contributed by atoms with Crippen molar-refractivity contribution in [2.24, 2.45) is 5.41 Å². The number of carbonyl (C=O) groups excluding carboxylic acids is 2. The smallest absolute Gasteiger partial charge is 0.321 e. The van der Waals surface area contributed by atoms with E-state index in [9.17, 15) is 9.59 Å². The molecule has 1 unspecified atom stereocenters. The Hall–Kier alpha value is -1.56. The van der Waals surface area contributed by atoms with E-state index in [2.05, 4.69) is 26.7 Å². The van der Waals surface area contributed by atoms with Gasteiger partial charge in [-0.2, -0.15) is 5.01 Å². The van der Waals surface area contributed by atoms with Crippen LogP contribution in [-0.4, -0.2) is 22.5 Å². The summed E-state index contributed by atoms with van der Waals surface area (Å²) in [4.78, 5) is 24.3. The monoisotopic (exact) mass is 323 g/mol. The van der Waals surface area contributed by atoms with E-state index in [-0.39, 0.29) is 11.3 Å². The Balaban J connectivity index is 1.83. The van der Waals surface area contributed by atoms with Gasteiger partial charge in [-0.1, -0.05) is 35.8 Å². The highest BCUT2D eigenvalue weighted by molar-refractivity contribution is 9.10. The van der Waals surface area contributed by atoms with Crippen molar-refractivity contribution in [3.8, 4) is 0 Å². The van der Waals surface area contributed by atoms with Gasteiger partial charge in [0.15, 0.2) is 0 Å². The summed E-state index contributed by atoms with van der Waals surface area (Å²) < 4.78 is 0.881. The van der Waals surface area contributed by atoms with Gasteiger partial charge in [0.25, 0.3) is 5.91 Å². The Morgan fingerprint density at radius 3 is 2.58 bits per heavy atom. The molecule has 0 bridgehead atoms. The van der Waals surface area contributed by atoms with E-state index in [1.54, 1.807) is 6.07 Å². The minimum Gasteiger partial charge on any atom is -0.321 e. The first-order valence-corrected chi connectivity index (χ1v) is 6.84. The molecule has 19 heavy (non-hydrogen) atoms. The highest BCUT2D eigenvalue weighted by Gasteiger charge is 2.72. The number of hydrogen-bond acceptors (Lipinski definition) is 3. The molecule has 3 amide bonds. The third-order valence-electron chi connectivity index (χ3n) is 3.89. The Morgan fingerprint density at radius 1 is 1.37 bits per heavy atom. The molecule has 2 N–H and O–H groups in total. The zero-order valence-electron chi connectivity index (χ0n) is 10.7. The van der Waals surface area contributed by atoms with Crippen molar-refractivity contribution in [1.29, 1.82) is 0 Å². The highest BCUT2D eigenvalue weighted by Crippen LogP contribution is 2.58. The average Bonchev–Trinajstić information content (AvgIpc) is 2.79. The molecule has 5 nitrogen and oxygen atoms in total. The third-order valence-corrected chi connectivity index (χ3v) is 4.39. The fourth-order valence-corrected chi connectivity index (χ4v) is 2.96. The predicted molar refractivity (Wildman–Crippen MR) is 74.3 cm³/mol. The van der Waals surface area contributed by atoms with E-state index < -0.39 is 11.6 Å². The molecule has 1 saturated carbocycles. The average molecular weight is 324 g/mol. The van der Waals surface area contributed by atoms with Crippen molar-refractivity contribution in [2.75, 3.05) is 5.43 Å². The molecule has 1 aliphatic carbocycles. The van der Waals surface area contributed by atoms with Gasteiger partial charge in [0, 0.05) is 4.47 Å². The summed E-state index contributed by atoms with van der Waals surface area (Å²) in [7, 11) is 0. The molecule has 0 aromatic heterocycles. The lowest BCUT2D eigenvalue weighted by Crippen LogP contribution is -2.38. The summed E-state index contributed by atoms with van der Waals surface area (Å²) in [5.74, 6) is -0.206. The fourth-order valence-electron chi connectivity index (χ4n) is 2.56. The maximum Gasteiger partial charge on any atom is 0.344 e. The van der Waals surface area contributed by atoms with Crippen molar-refractivity contribution in [1.82, 2.24) is 10.3 Å². The van der Waals surface area contributed by atoms with E-state index >= 15 is 0 Å². The number of amides is 3. The largest absolute Gasteiger partial charge is 0.344 e. The van der Waals surface area contributed by atoms with Crippen LogP contribution in [0.1, 0.15) is 20.3 Å². The normalized spacial score (nSPS) is 27.6. The van der Waals surface area contributed by atoms with Crippen LogP contribution in [0.4, 0.5) is 10.5 Å². The van der Waals surface area contributed by atoms with Gasteiger partial charge in [0.1, 0.15) is 5.54 Å². The lowest BCUT2D eigenvalue weighted by molar-refractivity contribution is -0.128. The first kappa shape index (κ1) is 12.5. The van der Waals surface area contributed by atoms with Crippen molar-refractivity contribution >= 4 is 33.6 Å². The second-order valence-corrected chi connectivity index (χ2v) is 6.57. The molecule has 2 fully saturated rings. The van der Waals surface area contributed by atoms with Crippen LogP contribution in [0.25, 0.3) is 0 Å². The second-order valence-electron chi connectivity index (χ2n) is 5.66. The Kier molecular flexibility index (Phi) is 2.44. The van der Waals surface area contributed by atoms with E-state index in [4.69, 9.17) is 0 Å². The second kappa shape index (κ2) is 3.72. The van der Waals surface area contributed by atoms with E-state index in [1.165, 1.54) is 0 Å². The van der Waals surface area contributed by atoms with Gasteiger partial charge in [-0.15, -0.1) is 0 Å². The summed E-state index contributed by atoms with van der Waals surface area (Å²) in [6, 6.07) is 6.93. The van der Waals surface area contributed by atoms with E-state index in [0.29, 0.717) is 12.1 Å². The quantitative estimate of drug-likeness (QED) is 0.822. The molecular formula is C13H14BrN3O2. The number of urea groups is 1. The van der Waals surface area contributed by atoms with Crippen LogP contribution in [0, 0.1) is 5.41 Å². The van der Waals surface area contributed by atoms with Crippen LogP contribution in [0.3, 0.4) is 0 Å². The summed E-state index contributed by atoms with van der Waals surface area (Å²) in [5.41, 5.74) is 2.65. The van der Waals surface area contributed by atoms with Gasteiger partial charge in [0.05, 0.1) is 5.69 Å². The van der Waals surface area contributed by atoms with Crippen molar-refractivity contribution in [3.63, 3.8) is 0 Å². The van der Waals surface area contributed by atoms with Crippen LogP contribution in [-0.2, 0) is 4.79 Å². The number of carbonyl (C=O) groups is 2. The number of rotatable bonds is 2. The molecule has 2 aliphatic rings. The van der Waals surface area contributed by atoms with Gasteiger partial charge in [-0.25, -0.2) is 4.79 Å². The molecule has 0 radical (unpaired) electrons. The minimum absolute atomic E-state index is 0.173. The van der Waals surface area contributed by atoms with Crippen LogP contribution in [0.15, 0.2) is 28.7 Å². The molecular weight excluding hydrogens is 310 g/mol. The van der Waals surface area contributed by atoms with Gasteiger partial charge < -0.3 is 5.32 Å². The summed E-state index contributed by atoms with van der Waals surface area (Å²) >= 11 is 3.35. The number of hydrogen-bond donors (Lipinski definition) is 2. The Morgan fingerprint density at radius 2 is 2.05 bits per heavy atom. The van der Waals surface area contributed by atoms with Gasteiger partial charge in [0.2, 0.25) is 0 Å². The molecule has 6 heteroatoms.